The predicted octanol–water partition coefficient (Wildman–Crippen LogP) is 1.80. The van der Waals surface area contributed by atoms with Crippen LogP contribution in [0.2, 0.25) is 0 Å². The van der Waals surface area contributed by atoms with Gasteiger partial charge in [0.05, 0.1) is 12.7 Å². The van der Waals surface area contributed by atoms with Crippen LogP contribution >= 0.6 is 0 Å². The first-order valence-corrected chi connectivity index (χ1v) is 6.18. The Labute approximate surface area is 110 Å². The Kier molecular flexibility index (Phi) is 3.99. The van der Waals surface area contributed by atoms with Crippen LogP contribution in [0.25, 0.3) is 0 Å². The quantitative estimate of drug-likeness (QED) is 0.834. The summed E-state index contributed by atoms with van der Waals surface area (Å²) in [7, 11) is 0. The van der Waals surface area contributed by atoms with Crippen LogP contribution in [0, 0.1) is 11.6 Å². The number of hydrogen-bond acceptors (Lipinski definition) is 3. The number of amides is 1. The molecule has 0 saturated carbocycles. The van der Waals surface area contributed by atoms with Crippen molar-refractivity contribution < 1.29 is 18.3 Å². The number of morpholine rings is 1. The molecule has 1 unspecified atom stereocenters. The summed E-state index contributed by atoms with van der Waals surface area (Å²) in [6.45, 7) is 3.25. The molecule has 0 bridgehead atoms. The lowest BCUT2D eigenvalue weighted by Gasteiger charge is -2.32. The number of nitrogens with zero attached hydrogens (tertiary/aromatic N) is 1. The molecule has 0 aromatic heterocycles. The van der Waals surface area contributed by atoms with E-state index >= 15 is 0 Å². The van der Waals surface area contributed by atoms with Crippen LogP contribution in [0.3, 0.4) is 0 Å². The molecule has 1 aromatic carbocycles. The minimum atomic E-state index is -0.913. The third kappa shape index (κ3) is 2.84. The van der Waals surface area contributed by atoms with E-state index in [1.165, 1.54) is 0 Å². The largest absolute Gasteiger partial charge is 0.394 e. The molecule has 19 heavy (non-hydrogen) atoms. The van der Waals surface area contributed by atoms with Crippen LogP contribution in [-0.4, -0.2) is 36.6 Å². The average molecular weight is 270 g/mol. The number of hydrogen-bond donors (Lipinski definition) is 1. The van der Waals surface area contributed by atoms with E-state index in [4.69, 9.17) is 10.5 Å². The molecule has 1 aliphatic heterocycles. The van der Waals surface area contributed by atoms with Gasteiger partial charge in [0.1, 0.15) is 17.3 Å². The second-order valence-corrected chi connectivity index (χ2v) is 4.51. The lowest BCUT2D eigenvalue weighted by molar-refractivity contribution is -0.0226. The van der Waals surface area contributed by atoms with E-state index in [-0.39, 0.29) is 11.7 Å². The molecule has 1 atom stereocenters. The highest BCUT2D eigenvalue weighted by atomic mass is 19.1. The Bertz CT molecular complexity index is 471. The van der Waals surface area contributed by atoms with E-state index in [0.29, 0.717) is 19.7 Å². The number of carbonyl (C=O) groups is 1. The Hall–Kier alpha value is -1.69. The third-order valence-electron chi connectivity index (χ3n) is 3.21. The lowest BCUT2D eigenvalue weighted by Crippen LogP contribution is -2.45. The molecular weight excluding hydrogens is 254 g/mol. The first-order valence-electron chi connectivity index (χ1n) is 6.18. The molecule has 1 aliphatic rings. The maximum atomic E-state index is 13.3. The minimum Gasteiger partial charge on any atom is -0.394 e. The van der Waals surface area contributed by atoms with Gasteiger partial charge < -0.3 is 15.4 Å². The highest BCUT2D eigenvalue weighted by Gasteiger charge is 2.25. The smallest absolute Gasteiger partial charge is 0.254 e. The second kappa shape index (κ2) is 5.52. The molecule has 2 N–H and O–H groups in total. The molecule has 2 rings (SSSR count). The molecule has 4 nitrogen and oxygen atoms in total. The van der Waals surface area contributed by atoms with Gasteiger partial charge in [-0.1, -0.05) is 6.92 Å². The summed E-state index contributed by atoms with van der Waals surface area (Å²) in [5.41, 5.74) is 4.59. The van der Waals surface area contributed by atoms with Crippen molar-refractivity contribution in [3.8, 4) is 0 Å². The van der Waals surface area contributed by atoms with Gasteiger partial charge >= 0.3 is 0 Å². The predicted molar refractivity (Wildman–Crippen MR) is 66.7 cm³/mol. The molecule has 1 amide bonds. The summed E-state index contributed by atoms with van der Waals surface area (Å²) in [5.74, 6) is -2.23. The number of anilines is 1. The Balaban J connectivity index is 2.19. The molecule has 1 aromatic rings. The van der Waals surface area contributed by atoms with Crippen molar-refractivity contribution in [3.05, 3.63) is 29.3 Å². The molecule has 0 radical (unpaired) electrons. The Morgan fingerprint density at radius 1 is 1.47 bits per heavy atom. The van der Waals surface area contributed by atoms with Crippen molar-refractivity contribution >= 4 is 11.6 Å². The monoisotopic (exact) mass is 270 g/mol. The zero-order valence-electron chi connectivity index (χ0n) is 10.7. The van der Waals surface area contributed by atoms with Crippen molar-refractivity contribution in [2.24, 2.45) is 0 Å². The van der Waals surface area contributed by atoms with Crippen LogP contribution in [0.4, 0.5) is 14.5 Å². The van der Waals surface area contributed by atoms with Crippen molar-refractivity contribution in [1.29, 1.82) is 0 Å². The summed E-state index contributed by atoms with van der Waals surface area (Å²) in [6.07, 6.45) is 0.759. The third-order valence-corrected chi connectivity index (χ3v) is 3.21. The van der Waals surface area contributed by atoms with Crippen LogP contribution in [0.15, 0.2) is 12.1 Å². The van der Waals surface area contributed by atoms with E-state index in [9.17, 15) is 13.6 Å². The van der Waals surface area contributed by atoms with Crippen LogP contribution in [0.1, 0.15) is 23.7 Å². The first-order chi connectivity index (χ1) is 9.02. The Morgan fingerprint density at radius 3 is 2.68 bits per heavy atom. The van der Waals surface area contributed by atoms with E-state index in [1.807, 2.05) is 6.92 Å². The molecular formula is C13H16F2N2O2. The molecule has 6 heteroatoms. The van der Waals surface area contributed by atoms with E-state index in [2.05, 4.69) is 0 Å². The SMILES string of the molecule is CCC1CN(C(=O)c2cc(F)c(N)c(F)c2)CCO1. The number of carbonyl (C=O) groups excluding carboxylic acids is 1. The molecule has 0 aliphatic carbocycles. The summed E-state index contributed by atoms with van der Waals surface area (Å²) < 4.78 is 32.1. The minimum absolute atomic E-state index is 0.0267. The number of benzene rings is 1. The van der Waals surface area contributed by atoms with Crippen molar-refractivity contribution in [3.63, 3.8) is 0 Å². The molecule has 104 valence electrons. The normalized spacial score (nSPS) is 19.5. The van der Waals surface area contributed by atoms with E-state index in [0.717, 1.165) is 18.6 Å². The lowest BCUT2D eigenvalue weighted by atomic mass is 10.1. The Morgan fingerprint density at radius 2 is 2.11 bits per heavy atom. The van der Waals surface area contributed by atoms with E-state index in [1.54, 1.807) is 4.90 Å². The fourth-order valence-corrected chi connectivity index (χ4v) is 2.04. The van der Waals surface area contributed by atoms with Gasteiger partial charge in [0.25, 0.3) is 5.91 Å². The molecule has 1 saturated heterocycles. The van der Waals surface area contributed by atoms with Gasteiger partial charge in [-0.15, -0.1) is 0 Å². The van der Waals surface area contributed by atoms with Crippen LogP contribution < -0.4 is 5.73 Å². The van der Waals surface area contributed by atoms with Gasteiger partial charge in [-0.2, -0.15) is 0 Å². The topological polar surface area (TPSA) is 55.6 Å². The van der Waals surface area contributed by atoms with Crippen LogP contribution in [0.5, 0.6) is 0 Å². The van der Waals surface area contributed by atoms with Gasteiger partial charge in [0, 0.05) is 18.7 Å². The zero-order valence-corrected chi connectivity index (χ0v) is 10.7. The van der Waals surface area contributed by atoms with Gasteiger partial charge in [-0.25, -0.2) is 8.78 Å². The van der Waals surface area contributed by atoms with Crippen LogP contribution in [-0.2, 0) is 4.74 Å². The standard InChI is InChI=1S/C13H16F2N2O2/c1-2-9-7-17(3-4-19-9)13(18)8-5-10(14)12(16)11(15)6-8/h5-6,9H,2-4,7,16H2,1H3. The van der Waals surface area contributed by atoms with Gasteiger partial charge in [-0.3, -0.25) is 4.79 Å². The van der Waals surface area contributed by atoms with Crippen molar-refractivity contribution in [2.75, 3.05) is 25.4 Å². The summed E-state index contributed by atoms with van der Waals surface area (Å²) >= 11 is 0. The number of rotatable bonds is 2. The van der Waals surface area contributed by atoms with Gasteiger partial charge in [-0.05, 0) is 18.6 Å². The summed E-state index contributed by atoms with van der Waals surface area (Å²) in [4.78, 5) is 13.7. The molecule has 0 spiro atoms. The molecule has 1 fully saturated rings. The maximum absolute atomic E-state index is 13.3. The average Bonchev–Trinajstić information content (AvgIpc) is 2.43. The second-order valence-electron chi connectivity index (χ2n) is 4.51. The highest BCUT2D eigenvalue weighted by Crippen LogP contribution is 2.19. The van der Waals surface area contributed by atoms with Gasteiger partial charge in [0.15, 0.2) is 0 Å². The first kappa shape index (κ1) is 13.7. The highest BCUT2D eigenvalue weighted by molar-refractivity contribution is 5.94. The van der Waals surface area contributed by atoms with Gasteiger partial charge in [0.2, 0.25) is 0 Å². The fraction of sp³-hybridized carbons (Fsp3) is 0.462. The summed E-state index contributed by atoms with van der Waals surface area (Å²) in [5, 5.41) is 0. The molecule has 1 heterocycles. The van der Waals surface area contributed by atoms with Crippen molar-refractivity contribution in [2.45, 2.75) is 19.4 Å². The van der Waals surface area contributed by atoms with E-state index < -0.39 is 23.2 Å². The zero-order chi connectivity index (χ0) is 14.0. The summed E-state index contributed by atoms with van der Waals surface area (Å²) in [6, 6.07) is 1.94. The fourth-order valence-electron chi connectivity index (χ4n) is 2.04. The maximum Gasteiger partial charge on any atom is 0.254 e. The number of nitrogens with two attached hydrogens (primary N) is 1. The number of halogens is 2. The van der Waals surface area contributed by atoms with Crippen molar-refractivity contribution in [1.82, 2.24) is 4.90 Å². The number of nitrogen functional groups attached to an aromatic ring is 1. The number of ether oxygens (including phenoxy) is 1.